The van der Waals surface area contributed by atoms with Crippen molar-refractivity contribution in [1.29, 1.82) is 0 Å². The summed E-state index contributed by atoms with van der Waals surface area (Å²) in [6.45, 7) is 2.91. The molecule has 0 spiro atoms. The number of anilines is 1. The van der Waals surface area contributed by atoms with E-state index in [4.69, 9.17) is 0 Å². The zero-order chi connectivity index (χ0) is 15.7. The smallest absolute Gasteiger partial charge is 0.321 e. The Morgan fingerprint density at radius 2 is 2.18 bits per heavy atom. The summed E-state index contributed by atoms with van der Waals surface area (Å²) in [6, 6.07) is 7.19. The van der Waals surface area contributed by atoms with Gasteiger partial charge in [0.25, 0.3) is 5.24 Å². The largest absolute Gasteiger partial charge is 0.322 e. The Labute approximate surface area is 132 Å². The molecule has 1 atom stereocenters. The number of hydrogen-bond acceptors (Lipinski definition) is 4. The number of imide groups is 1. The number of hydrogen-bond donors (Lipinski definition) is 1. The lowest BCUT2D eigenvalue weighted by Gasteiger charge is -2.22. The normalized spacial score (nSPS) is 21.6. The van der Waals surface area contributed by atoms with Crippen LogP contribution in [0.4, 0.5) is 15.3 Å². The van der Waals surface area contributed by atoms with Gasteiger partial charge in [-0.2, -0.15) is 0 Å². The summed E-state index contributed by atoms with van der Waals surface area (Å²) in [5.74, 6) is 0.0612. The van der Waals surface area contributed by atoms with E-state index >= 15 is 0 Å². The Morgan fingerprint density at radius 1 is 1.36 bits per heavy atom. The van der Waals surface area contributed by atoms with Gasteiger partial charge in [0, 0.05) is 18.8 Å². The van der Waals surface area contributed by atoms with Gasteiger partial charge in [-0.25, -0.2) is 4.79 Å². The number of nitrogens with zero attached hydrogens (tertiary/aromatic N) is 2. The molecule has 0 saturated carbocycles. The van der Waals surface area contributed by atoms with Crippen LogP contribution in [0.2, 0.25) is 0 Å². The number of benzene rings is 1. The fraction of sp³-hybridized carbons (Fsp3) is 0.400. The highest BCUT2D eigenvalue weighted by molar-refractivity contribution is 8.14. The third-order valence-corrected chi connectivity index (χ3v) is 4.70. The first-order valence-electron chi connectivity index (χ1n) is 7.16. The van der Waals surface area contributed by atoms with Gasteiger partial charge < -0.3 is 10.2 Å². The topological polar surface area (TPSA) is 69.7 Å². The maximum atomic E-state index is 12.3. The average Bonchev–Trinajstić information content (AvgIpc) is 3.06. The third-order valence-electron chi connectivity index (χ3n) is 3.87. The lowest BCUT2D eigenvalue weighted by Crippen LogP contribution is -2.42. The molecule has 0 aromatic heterocycles. The van der Waals surface area contributed by atoms with Crippen LogP contribution in [-0.2, 0) is 4.79 Å². The molecule has 2 heterocycles. The van der Waals surface area contributed by atoms with E-state index in [9.17, 15) is 14.4 Å². The van der Waals surface area contributed by atoms with Crippen molar-refractivity contribution in [2.75, 3.05) is 24.2 Å². The van der Waals surface area contributed by atoms with Crippen molar-refractivity contribution in [3.8, 4) is 0 Å². The van der Waals surface area contributed by atoms with Crippen molar-refractivity contribution in [2.24, 2.45) is 0 Å². The molecule has 6 nitrogen and oxygen atoms in total. The van der Waals surface area contributed by atoms with Crippen molar-refractivity contribution >= 4 is 34.6 Å². The van der Waals surface area contributed by atoms with Crippen LogP contribution in [0, 0.1) is 6.92 Å². The molecule has 1 N–H and O–H groups in total. The molecule has 2 saturated heterocycles. The second kappa shape index (κ2) is 6.00. The van der Waals surface area contributed by atoms with E-state index in [2.05, 4.69) is 5.32 Å². The molecule has 0 radical (unpaired) electrons. The predicted octanol–water partition coefficient (Wildman–Crippen LogP) is 2.30. The number of carbonyl (C=O) groups excluding carboxylic acids is 3. The molecule has 2 aliphatic rings. The molecule has 0 aliphatic carbocycles. The molecule has 1 aromatic rings. The van der Waals surface area contributed by atoms with Crippen LogP contribution in [0.15, 0.2) is 24.3 Å². The molecule has 4 amide bonds. The van der Waals surface area contributed by atoms with E-state index < -0.39 is 0 Å². The highest BCUT2D eigenvalue weighted by Gasteiger charge is 2.40. The van der Waals surface area contributed by atoms with Crippen molar-refractivity contribution in [3.63, 3.8) is 0 Å². The quantitative estimate of drug-likeness (QED) is 0.908. The van der Waals surface area contributed by atoms with Gasteiger partial charge in [0.15, 0.2) is 0 Å². The van der Waals surface area contributed by atoms with Gasteiger partial charge in [0.05, 0.1) is 11.8 Å². The number of thioether (sulfide) groups is 1. The Bertz CT molecular complexity index is 618. The number of likely N-dealkylation sites (tertiary alicyclic amines) is 1. The summed E-state index contributed by atoms with van der Waals surface area (Å²) in [6.07, 6.45) is 0.638. The monoisotopic (exact) mass is 319 g/mol. The van der Waals surface area contributed by atoms with Gasteiger partial charge in [0.1, 0.15) is 0 Å². The molecule has 2 aliphatic heterocycles. The van der Waals surface area contributed by atoms with Crippen LogP contribution in [-0.4, -0.2) is 51.9 Å². The summed E-state index contributed by atoms with van der Waals surface area (Å²) in [5.41, 5.74) is 1.82. The van der Waals surface area contributed by atoms with Crippen LogP contribution in [0.5, 0.6) is 0 Å². The fourth-order valence-electron chi connectivity index (χ4n) is 2.78. The van der Waals surface area contributed by atoms with E-state index in [-0.39, 0.29) is 29.0 Å². The predicted molar refractivity (Wildman–Crippen MR) is 84.9 cm³/mol. The molecular formula is C15H17N3O3S. The summed E-state index contributed by atoms with van der Waals surface area (Å²) in [4.78, 5) is 38.7. The first kappa shape index (κ1) is 14.9. The maximum absolute atomic E-state index is 12.3. The summed E-state index contributed by atoms with van der Waals surface area (Å²) in [7, 11) is 0. The third kappa shape index (κ3) is 2.94. The van der Waals surface area contributed by atoms with Crippen molar-refractivity contribution in [2.45, 2.75) is 19.4 Å². The van der Waals surface area contributed by atoms with Crippen LogP contribution >= 0.6 is 11.8 Å². The van der Waals surface area contributed by atoms with E-state index in [0.717, 1.165) is 23.0 Å². The molecule has 2 fully saturated rings. The van der Waals surface area contributed by atoms with Gasteiger partial charge in [-0.3, -0.25) is 14.5 Å². The number of nitrogens with one attached hydrogen (secondary N) is 1. The van der Waals surface area contributed by atoms with Crippen LogP contribution < -0.4 is 5.32 Å². The Hall–Kier alpha value is -2.02. The molecule has 1 aromatic carbocycles. The van der Waals surface area contributed by atoms with Gasteiger partial charge >= 0.3 is 6.03 Å². The number of aryl methyl sites for hydroxylation is 1. The molecule has 0 bridgehead atoms. The van der Waals surface area contributed by atoms with Crippen molar-refractivity contribution in [3.05, 3.63) is 29.8 Å². The zero-order valence-corrected chi connectivity index (χ0v) is 13.1. The minimum atomic E-state index is -0.198. The first-order valence-corrected chi connectivity index (χ1v) is 8.14. The lowest BCUT2D eigenvalue weighted by molar-refractivity contribution is -0.126. The minimum Gasteiger partial charge on any atom is -0.322 e. The van der Waals surface area contributed by atoms with E-state index in [1.165, 1.54) is 4.90 Å². The van der Waals surface area contributed by atoms with E-state index in [1.54, 1.807) is 4.90 Å². The Morgan fingerprint density at radius 3 is 2.86 bits per heavy atom. The summed E-state index contributed by atoms with van der Waals surface area (Å²) < 4.78 is 0. The number of carbonyl (C=O) groups is 3. The molecule has 116 valence electrons. The van der Waals surface area contributed by atoms with E-state index in [0.29, 0.717) is 19.5 Å². The van der Waals surface area contributed by atoms with Crippen LogP contribution in [0.3, 0.4) is 0 Å². The number of amides is 4. The molecule has 22 heavy (non-hydrogen) atoms. The Balaban J connectivity index is 1.61. The standard InChI is InChI=1S/C15H17N3O3S/c1-10-3-2-4-11(7-10)16-14(20)17-6-5-12(8-17)18-13(19)9-22-15(18)21/h2-4,7,12H,5-6,8-9H2,1H3,(H,16,20). The van der Waals surface area contributed by atoms with Gasteiger partial charge in [-0.05, 0) is 31.0 Å². The van der Waals surface area contributed by atoms with Crippen LogP contribution in [0.25, 0.3) is 0 Å². The van der Waals surface area contributed by atoms with Crippen LogP contribution in [0.1, 0.15) is 12.0 Å². The summed E-state index contributed by atoms with van der Waals surface area (Å²) in [5, 5.41) is 2.65. The average molecular weight is 319 g/mol. The van der Waals surface area contributed by atoms with Gasteiger partial charge in [0.2, 0.25) is 5.91 Å². The van der Waals surface area contributed by atoms with E-state index in [1.807, 2.05) is 31.2 Å². The molecule has 1 unspecified atom stereocenters. The minimum absolute atomic E-state index is 0.152. The van der Waals surface area contributed by atoms with Crippen molar-refractivity contribution < 1.29 is 14.4 Å². The first-order chi connectivity index (χ1) is 10.5. The fourth-order valence-corrected chi connectivity index (χ4v) is 3.56. The zero-order valence-electron chi connectivity index (χ0n) is 12.2. The molecule has 3 rings (SSSR count). The number of rotatable bonds is 2. The molecular weight excluding hydrogens is 302 g/mol. The molecule has 7 heteroatoms. The number of urea groups is 1. The Kier molecular flexibility index (Phi) is 4.06. The second-order valence-electron chi connectivity index (χ2n) is 5.51. The SMILES string of the molecule is Cc1cccc(NC(=O)N2CCC(N3C(=O)CSC3=O)C2)c1. The lowest BCUT2D eigenvalue weighted by atomic mass is 10.2. The summed E-state index contributed by atoms with van der Waals surface area (Å²) >= 11 is 1.03. The van der Waals surface area contributed by atoms with Gasteiger partial charge in [-0.1, -0.05) is 23.9 Å². The van der Waals surface area contributed by atoms with Gasteiger partial charge in [-0.15, -0.1) is 0 Å². The van der Waals surface area contributed by atoms with Crippen molar-refractivity contribution in [1.82, 2.24) is 9.80 Å². The highest BCUT2D eigenvalue weighted by Crippen LogP contribution is 2.26. The highest BCUT2D eigenvalue weighted by atomic mass is 32.2. The second-order valence-corrected chi connectivity index (χ2v) is 6.43. The maximum Gasteiger partial charge on any atom is 0.321 e.